The number of aliphatic hydroxyl groups is 1. The number of thiophene rings is 1. The van der Waals surface area contributed by atoms with Crippen LogP contribution in [0.5, 0.6) is 0 Å². The van der Waals surface area contributed by atoms with Crippen LogP contribution in [-0.2, 0) is 15.4 Å². The monoisotopic (exact) mass is 289 g/mol. The first kappa shape index (κ1) is 14.0. The minimum absolute atomic E-state index is 0.0273. The zero-order chi connectivity index (χ0) is 13.6. The molecule has 0 saturated carbocycles. The van der Waals surface area contributed by atoms with Crippen LogP contribution in [0.15, 0.2) is 12.1 Å². The third kappa shape index (κ3) is 2.11. The highest BCUT2D eigenvalue weighted by atomic mass is 32.2. The average Bonchev–Trinajstić information content (AvgIpc) is 2.83. The fourth-order valence-corrected chi connectivity index (χ4v) is 5.88. The summed E-state index contributed by atoms with van der Waals surface area (Å²) in [6.07, 6.45) is 0.426. The standard InChI is InChI=1S/C12H19NO3S2/c1-9-3-4-10(17-9)11(2,14)12(7-13)5-6-18(15,16)8-12/h3-4,14H,5-8,13H2,1-2H3. The quantitative estimate of drug-likeness (QED) is 0.871. The Labute approximate surface area is 112 Å². The molecule has 1 aromatic heterocycles. The van der Waals surface area contributed by atoms with Gasteiger partial charge in [-0.15, -0.1) is 11.3 Å². The molecule has 0 bridgehead atoms. The van der Waals surface area contributed by atoms with Crippen molar-refractivity contribution >= 4 is 21.2 Å². The van der Waals surface area contributed by atoms with Crippen LogP contribution >= 0.6 is 11.3 Å². The molecule has 18 heavy (non-hydrogen) atoms. The van der Waals surface area contributed by atoms with Crippen molar-refractivity contribution in [3.05, 3.63) is 21.9 Å². The Morgan fingerprint density at radius 1 is 1.56 bits per heavy atom. The molecule has 102 valence electrons. The van der Waals surface area contributed by atoms with E-state index in [0.29, 0.717) is 6.42 Å². The second kappa shape index (κ2) is 4.30. The normalized spacial score (nSPS) is 30.2. The second-order valence-electron chi connectivity index (χ2n) is 5.31. The molecule has 1 saturated heterocycles. The van der Waals surface area contributed by atoms with Gasteiger partial charge in [-0.25, -0.2) is 8.42 Å². The molecule has 0 aliphatic carbocycles. The van der Waals surface area contributed by atoms with E-state index in [1.807, 2.05) is 19.1 Å². The van der Waals surface area contributed by atoms with Gasteiger partial charge in [0.05, 0.1) is 11.5 Å². The lowest BCUT2D eigenvalue weighted by Gasteiger charge is -2.40. The lowest BCUT2D eigenvalue weighted by molar-refractivity contribution is -0.0552. The highest BCUT2D eigenvalue weighted by Crippen LogP contribution is 2.48. The highest BCUT2D eigenvalue weighted by molar-refractivity contribution is 7.91. The van der Waals surface area contributed by atoms with Crippen molar-refractivity contribution in [1.29, 1.82) is 0 Å². The number of sulfone groups is 1. The predicted molar refractivity (Wildman–Crippen MR) is 73.4 cm³/mol. The van der Waals surface area contributed by atoms with Gasteiger partial charge in [-0.3, -0.25) is 0 Å². The van der Waals surface area contributed by atoms with Gasteiger partial charge in [-0.05, 0) is 32.4 Å². The molecular formula is C12H19NO3S2. The van der Waals surface area contributed by atoms with E-state index in [1.165, 1.54) is 11.3 Å². The SMILES string of the molecule is Cc1ccc(C(C)(O)C2(CN)CCS(=O)(=O)C2)s1. The van der Waals surface area contributed by atoms with Gasteiger partial charge < -0.3 is 10.8 Å². The lowest BCUT2D eigenvalue weighted by Crippen LogP contribution is -2.49. The van der Waals surface area contributed by atoms with Crippen molar-refractivity contribution in [2.75, 3.05) is 18.1 Å². The topological polar surface area (TPSA) is 80.4 Å². The molecule has 0 aromatic carbocycles. The van der Waals surface area contributed by atoms with Gasteiger partial charge in [0, 0.05) is 21.7 Å². The van der Waals surface area contributed by atoms with Crippen molar-refractivity contribution in [2.45, 2.75) is 25.9 Å². The molecule has 1 aromatic rings. The summed E-state index contributed by atoms with van der Waals surface area (Å²) in [6.45, 7) is 3.83. The fraction of sp³-hybridized carbons (Fsp3) is 0.667. The third-order valence-corrected chi connectivity index (χ3v) is 7.06. The Morgan fingerprint density at radius 2 is 2.22 bits per heavy atom. The molecule has 0 amide bonds. The molecule has 1 aliphatic rings. The van der Waals surface area contributed by atoms with E-state index >= 15 is 0 Å². The summed E-state index contributed by atoms with van der Waals surface area (Å²) in [4.78, 5) is 1.89. The largest absolute Gasteiger partial charge is 0.384 e. The number of hydrogen-bond acceptors (Lipinski definition) is 5. The summed E-state index contributed by atoms with van der Waals surface area (Å²) >= 11 is 1.50. The number of rotatable bonds is 3. The van der Waals surface area contributed by atoms with Crippen LogP contribution in [0.3, 0.4) is 0 Å². The van der Waals surface area contributed by atoms with E-state index in [4.69, 9.17) is 5.73 Å². The molecule has 0 spiro atoms. The Hall–Kier alpha value is -0.430. The minimum Gasteiger partial charge on any atom is -0.384 e. The first-order valence-electron chi connectivity index (χ1n) is 5.92. The number of hydrogen-bond donors (Lipinski definition) is 2. The Morgan fingerprint density at radius 3 is 2.61 bits per heavy atom. The zero-order valence-electron chi connectivity index (χ0n) is 10.6. The average molecular weight is 289 g/mol. The second-order valence-corrected chi connectivity index (χ2v) is 8.78. The Bertz CT molecular complexity index is 547. The van der Waals surface area contributed by atoms with Crippen LogP contribution in [0.4, 0.5) is 0 Å². The van der Waals surface area contributed by atoms with Gasteiger partial charge in [0.25, 0.3) is 0 Å². The highest BCUT2D eigenvalue weighted by Gasteiger charge is 2.54. The maximum Gasteiger partial charge on any atom is 0.151 e. The van der Waals surface area contributed by atoms with Gasteiger partial charge >= 0.3 is 0 Å². The number of aryl methyl sites for hydroxylation is 1. The molecule has 0 radical (unpaired) electrons. The van der Waals surface area contributed by atoms with Crippen molar-refractivity contribution in [3.8, 4) is 0 Å². The minimum atomic E-state index is -3.09. The maximum atomic E-state index is 11.7. The first-order chi connectivity index (χ1) is 8.22. The molecular weight excluding hydrogens is 270 g/mol. The molecule has 3 N–H and O–H groups in total. The van der Waals surface area contributed by atoms with Crippen molar-refractivity contribution in [1.82, 2.24) is 0 Å². The Balaban J connectivity index is 2.44. The van der Waals surface area contributed by atoms with E-state index in [1.54, 1.807) is 6.92 Å². The fourth-order valence-electron chi connectivity index (χ4n) is 2.62. The summed E-state index contributed by atoms with van der Waals surface area (Å²) in [5.41, 5.74) is 3.85. The molecule has 6 heteroatoms. The summed E-state index contributed by atoms with van der Waals surface area (Å²) in [5.74, 6) is 0.0884. The summed E-state index contributed by atoms with van der Waals surface area (Å²) in [5, 5.41) is 10.8. The van der Waals surface area contributed by atoms with Gasteiger partial charge in [-0.2, -0.15) is 0 Å². The van der Waals surface area contributed by atoms with Crippen LogP contribution in [-0.4, -0.2) is 31.6 Å². The summed E-state index contributed by atoms with van der Waals surface area (Å²) < 4.78 is 23.4. The van der Waals surface area contributed by atoms with Crippen molar-refractivity contribution in [3.63, 3.8) is 0 Å². The third-order valence-electron chi connectivity index (χ3n) is 4.03. The van der Waals surface area contributed by atoms with E-state index < -0.39 is 20.9 Å². The molecule has 1 aliphatic heterocycles. The van der Waals surface area contributed by atoms with Gasteiger partial charge in [-0.1, -0.05) is 0 Å². The van der Waals surface area contributed by atoms with Gasteiger partial charge in [0.15, 0.2) is 9.84 Å². The molecule has 2 rings (SSSR count). The van der Waals surface area contributed by atoms with Crippen molar-refractivity contribution in [2.24, 2.45) is 11.1 Å². The molecule has 1 fully saturated rings. The van der Waals surface area contributed by atoms with Crippen LogP contribution in [0, 0.1) is 12.3 Å². The predicted octanol–water partition coefficient (Wildman–Crippen LogP) is 1.03. The number of nitrogens with two attached hydrogens (primary N) is 1. The maximum absolute atomic E-state index is 11.7. The van der Waals surface area contributed by atoms with Gasteiger partial charge in [0.2, 0.25) is 0 Å². The Kier molecular flexibility index (Phi) is 3.34. The van der Waals surface area contributed by atoms with Crippen molar-refractivity contribution < 1.29 is 13.5 Å². The first-order valence-corrected chi connectivity index (χ1v) is 8.56. The summed E-state index contributed by atoms with van der Waals surface area (Å²) in [7, 11) is -3.09. The molecule has 2 atom stereocenters. The van der Waals surface area contributed by atoms with E-state index in [0.717, 1.165) is 9.75 Å². The van der Waals surface area contributed by atoms with E-state index in [2.05, 4.69) is 0 Å². The molecule has 2 unspecified atom stereocenters. The van der Waals surface area contributed by atoms with Crippen LogP contribution in [0.2, 0.25) is 0 Å². The van der Waals surface area contributed by atoms with E-state index in [9.17, 15) is 13.5 Å². The summed E-state index contributed by atoms with van der Waals surface area (Å²) in [6, 6.07) is 3.80. The van der Waals surface area contributed by atoms with Crippen LogP contribution < -0.4 is 5.73 Å². The van der Waals surface area contributed by atoms with E-state index in [-0.39, 0.29) is 18.1 Å². The molecule has 2 heterocycles. The van der Waals surface area contributed by atoms with Gasteiger partial charge in [0.1, 0.15) is 5.60 Å². The smallest absolute Gasteiger partial charge is 0.151 e. The van der Waals surface area contributed by atoms with Crippen LogP contribution in [0.1, 0.15) is 23.1 Å². The zero-order valence-corrected chi connectivity index (χ0v) is 12.3. The lowest BCUT2D eigenvalue weighted by atomic mass is 9.71. The van der Waals surface area contributed by atoms with Crippen LogP contribution in [0.25, 0.3) is 0 Å². The molecule has 4 nitrogen and oxygen atoms in total.